The van der Waals surface area contributed by atoms with E-state index in [1.54, 1.807) is 6.33 Å². The number of benzene rings is 1. The number of aromatic nitrogens is 5. The summed E-state index contributed by atoms with van der Waals surface area (Å²) in [7, 11) is 0. The molecule has 3 aromatic heterocycles. The molecule has 0 aliphatic carbocycles. The van der Waals surface area contributed by atoms with Crippen molar-refractivity contribution in [1.29, 1.82) is 0 Å². The predicted molar refractivity (Wildman–Crippen MR) is 147 cm³/mol. The molecule has 2 saturated heterocycles. The zero-order chi connectivity index (χ0) is 25.2. The number of nitrogens with zero attached hydrogens (tertiary/aromatic N) is 8. The van der Waals surface area contributed by atoms with E-state index < -0.39 is 0 Å². The van der Waals surface area contributed by atoms with Crippen molar-refractivity contribution in [2.45, 2.75) is 19.9 Å². The van der Waals surface area contributed by atoms with Crippen molar-refractivity contribution in [2.75, 3.05) is 72.5 Å². The summed E-state index contributed by atoms with van der Waals surface area (Å²) >= 11 is 0. The van der Waals surface area contributed by atoms with Crippen LogP contribution in [-0.2, 0) is 4.74 Å². The molecule has 10 heteroatoms. The number of fused-ring (bicyclic) bond motifs is 1. The first-order valence-corrected chi connectivity index (χ1v) is 13.0. The Labute approximate surface area is 216 Å². The summed E-state index contributed by atoms with van der Waals surface area (Å²) in [5.41, 5.74) is 3.81. The third-order valence-corrected chi connectivity index (χ3v) is 7.02. The second-order valence-electron chi connectivity index (χ2n) is 9.70. The van der Waals surface area contributed by atoms with Crippen LogP contribution in [-0.4, -0.2) is 77.0 Å². The average Bonchev–Trinajstić information content (AvgIpc) is 3.36. The molecular formula is C27H33N9O. The van der Waals surface area contributed by atoms with Gasteiger partial charge in [-0.05, 0) is 50.2 Å². The highest BCUT2D eigenvalue weighted by Crippen LogP contribution is 2.31. The van der Waals surface area contributed by atoms with E-state index in [0.717, 1.165) is 86.9 Å². The minimum absolute atomic E-state index is 0.212. The molecule has 2 aliphatic heterocycles. The SMILES string of the molecule is CC(C)n1c(N2CCN(c3ccccn3)CC2)nc2c(Nc3ccc(N4CCOCC4)cc3)ncnc21. The average molecular weight is 500 g/mol. The Balaban J connectivity index is 1.24. The van der Waals surface area contributed by atoms with Crippen molar-refractivity contribution in [3.05, 3.63) is 55.0 Å². The summed E-state index contributed by atoms with van der Waals surface area (Å²) in [6.07, 6.45) is 3.47. The summed E-state index contributed by atoms with van der Waals surface area (Å²) in [6.45, 7) is 11.3. The summed E-state index contributed by atoms with van der Waals surface area (Å²) in [4.78, 5) is 25.8. The third-order valence-electron chi connectivity index (χ3n) is 7.02. The largest absolute Gasteiger partial charge is 0.378 e. The molecule has 0 saturated carbocycles. The molecular weight excluding hydrogens is 466 g/mol. The number of morpholine rings is 1. The second-order valence-corrected chi connectivity index (χ2v) is 9.70. The van der Waals surface area contributed by atoms with Crippen molar-refractivity contribution < 1.29 is 4.74 Å². The molecule has 1 aromatic carbocycles. The van der Waals surface area contributed by atoms with Gasteiger partial charge in [-0.1, -0.05) is 6.07 Å². The van der Waals surface area contributed by atoms with Crippen LogP contribution in [0.5, 0.6) is 0 Å². The number of piperazine rings is 1. The lowest BCUT2D eigenvalue weighted by Gasteiger charge is -2.36. The lowest BCUT2D eigenvalue weighted by Crippen LogP contribution is -2.47. The summed E-state index contributed by atoms with van der Waals surface area (Å²) in [5.74, 6) is 2.69. The standard InChI is InChI=1S/C27H33N9O/c1-20(2)36-26-24(32-27(36)35-13-11-34(12-14-35)23-5-3-4-10-28-23)25(29-19-30-26)31-21-6-8-22(9-7-21)33-15-17-37-18-16-33/h3-10,19-20H,11-18H2,1-2H3,(H,29,30,31). The van der Waals surface area contributed by atoms with Gasteiger partial charge in [-0.15, -0.1) is 0 Å². The van der Waals surface area contributed by atoms with Crippen molar-refractivity contribution in [3.63, 3.8) is 0 Å². The Hall–Kier alpha value is -3.92. The fourth-order valence-corrected chi connectivity index (χ4v) is 5.08. The van der Waals surface area contributed by atoms with Gasteiger partial charge in [-0.2, -0.15) is 0 Å². The quantitative estimate of drug-likeness (QED) is 0.427. The van der Waals surface area contributed by atoms with Crippen LogP contribution in [0.3, 0.4) is 0 Å². The Morgan fingerprint density at radius 2 is 1.57 bits per heavy atom. The van der Waals surface area contributed by atoms with Crippen LogP contribution in [0.25, 0.3) is 11.2 Å². The molecule has 10 nitrogen and oxygen atoms in total. The fraction of sp³-hybridized carbons (Fsp3) is 0.407. The van der Waals surface area contributed by atoms with E-state index in [-0.39, 0.29) is 6.04 Å². The van der Waals surface area contributed by atoms with Gasteiger partial charge in [-0.25, -0.2) is 19.9 Å². The van der Waals surface area contributed by atoms with Crippen molar-refractivity contribution in [1.82, 2.24) is 24.5 Å². The van der Waals surface area contributed by atoms with Gasteiger partial charge < -0.3 is 24.8 Å². The first kappa shape index (κ1) is 23.5. The number of ether oxygens (including phenoxy) is 1. The monoisotopic (exact) mass is 499 g/mol. The van der Waals surface area contributed by atoms with E-state index in [4.69, 9.17) is 9.72 Å². The van der Waals surface area contributed by atoms with Gasteiger partial charge in [0.2, 0.25) is 5.95 Å². The number of pyridine rings is 1. The molecule has 2 aliphatic rings. The van der Waals surface area contributed by atoms with Crippen molar-refractivity contribution in [2.24, 2.45) is 0 Å². The Morgan fingerprint density at radius 3 is 2.27 bits per heavy atom. The van der Waals surface area contributed by atoms with E-state index in [1.807, 2.05) is 18.3 Å². The smallest absolute Gasteiger partial charge is 0.208 e. The highest BCUT2D eigenvalue weighted by molar-refractivity contribution is 5.87. The van der Waals surface area contributed by atoms with Gasteiger partial charge in [-0.3, -0.25) is 4.57 Å². The number of rotatable bonds is 6. The molecule has 192 valence electrons. The lowest BCUT2D eigenvalue weighted by atomic mass is 10.2. The minimum atomic E-state index is 0.212. The Kier molecular flexibility index (Phi) is 6.48. The van der Waals surface area contributed by atoms with Gasteiger partial charge in [0, 0.05) is 62.9 Å². The van der Waals surface area contributed by atoms with Gasteiger partial charge in [0.1, 0.15) is 12.1 Å². The Morgan fingerprint density at radius 1 is 0.811 bits per heavy atom. The summed E-state index contributed by atoms with van der Waals surface area (Å²) in [5, 5.41) is 3.48. The number of hydrogen-bond acceptors (Lipinski definition) is 9. The zero-order valence-electron chi connectivity index (χ0n) is 21.4. The van der Waals surface area contributed by atoms with E-state index in [2.05, 4.69) is 83.7 Å². The number of imidazole rings is 1. The van der Waals surface area contributed by atoms with Crippen LogP contribution in [0, 0.1) is 0 Å². The molecule has 0 spiro atoms. The number of hydrogen-bond donors (Lipinski definition) is 1. The van der Waals surface area contributed by atoms with Gasteiger partial charge >= 0.3 is 0 Å². The normalized spacial score (nSPS) is 16.6. The van der Waals surface area contributed by atoms with E-state index >= 15 is 0 Å². The zero-order valence-corrected chi connectivity index (χ0v) is 21.4. The van der Waals surface area contributed by atoms with E-state index in [1.165, 1.54) is 5.69 Å². The fourth-order valence-electron chi connectivity index (χ4n) is 5.08. The van der Waals surface area contributed by atoms with Gasteiger partial charge in [0.05, 0.1) is 13.2 Å². The van der Waals surface area contributed by atoms with Crippen LogP contribution < -0.4 is 20.0 Å². The molecule has 6 rings (SSSR count). The molecule has 4 aromatic rings. The van der Waals surface area contributed by atoms with Crippen LogP contribution in [0.15, 0.2) is 55.0 Å². The highest BCUT2D eigenvalue weighted by atomic mass is 16.5. The van der Waals surface area contributed by atoms with Crippen LogP contribution >= 0.6 is 0 Å². The Bertz CT molecular complexity index is 1330. The van der Waals surface area contributed by atoms with E-state index in [9.17, 15) is 0 Å². The molecule has 0 atom stereocenters. The third kappa shape index (κ3) is 4.76. The molecule has 0 radical (unpaired) electrons. The molecule has 37 heavy (non-hydrogen) atoms. The topological polar surface area (TPSA) is 87.5 Å². The van der Waals surface area contributed by atoms with Gasteiger partial charge in [0.25, 0.3) is 0 Å². The molecule has 0 amide bonds. The molecule has 2 fully saturated rings. The maximum Gasteiger partial charge on any atom is 0.208 e. The number of anilines is 5. The summed E-state index contributed by atoms with van der Waals surface area (Å²) in [6, 6.07) is 14.7. The predicted octanol–water partition coefficient (Wildman–Crippen LogP) is 3.71. The van der Waals surface area contributed by atoms with Crippen molar-refractivity contribution >= 4 is 40.1 Å². The van der Waals surface area contributed by atoms with Crippen LogP contribution in [0.1, 0.15) is 19.9 Å². The molecule has 0 unspecified atom stereocenters. The van der Waals surface area contributed by atoms with Gasteiger partial charge in [0.15, 0.2) is 17.0 Å². The molecule has 0 bridgehead atoms. The number of nitrogens with one attached hydrogen (secondary N) is 1. The minimum Gasteiger partial charge on any atom is -0.378 e. The first-order chi connectivity index (χ1) is 18.2. The van der Waals surface area contributed by atoms with Crippen molar-refractivity contribution in [3.8, 4) is 0 Å². The maximum atomic E-state index is 5.48. The van der Waals surface area contributed by atoms with Crippen LogP contribution in [0.4, 0.5) is 29.0 Å². The highest BCUT2D eigenvalue weighted by Gasteiger charge is 2.26. The van der Waals surface area contributed by atoms with E-state index in [0.29, 0.717) is 0 Å². The maximum absolute atomic E-state index is 5.48. The lowest BCUT2D eigenvalue weighted by molar-refractivity contribution is 0.122. The second kappa shape index (κ2) is 10.2. The molecule has 5 heterocycles. The first-order valence-electron chi connectivity index (χ1n) is 13.0. The molecule has 1 N–H and O–H groups in total. The van der Waals surface area contributed by atoms with Crippen LogP contribution in [0.2, 0.25) is 0 Å². The summed E-state index contributed by atoms with van der Waals surface area (Å²) < 4.78 is 7.70.